The minimum Gasteiger partial charge on any atom is -0.493 e. The van der Waals surface area contributed by atoms with Crippen molar-refractivity contribution < 1.29 is 9.47 Å². The van der Waals surface area contributed by atoms with Gasteiger partial charge in [0, 0.05) is 6.04 Å². The van der Waals surface area contributed by atoms with E-state index in [4.69, 9.17) is 9.47 Å². The van der Waals surface area contributed by atoms with E-state index in [-0.39, 0.29) is 0 Å². The lowest BCUT2D eigenvalue weighted by atomic mass is 9.95. The smallest absolute Gasteiger partial charge is 0.161 e. The zero-order valence-electron chi connectivity index (χ0n) is 11.4. The molecular formula is C14H23NO2. The SMILES string of the molecule is CCNC(c1ccc(OC)c(OC)c1)C(C)C. The third-order valence-corrected chi connectivity index (χ3v) is 2.86. The fraction of sp³-hybridized carbons (Fsp3) is 0.571. The van der Waals surface area contributed by atoms with Gasteiger partial charge in [0.25, 0.3) is 0 Å². The Labute approximate surface area is 104 Å². The van der Waals surface area contributed by atoms with E-state index in [1.165, 1.54) is 5.56 Å². The Hall–Kier alpha value is -1.22. The molecule has 17 heavy (non-hydrogen) atoms. The molecule has 0 aliphatic carbocycles. The maximum atomic E-state index is 5.33. The Bertz CT molecular complexity index is 350. The molecule has 0 saturated carbocycles. The van der Waals surface area contributed by atoms with Crippen LogP contribution < -0.4 is 14.8 Å². The van der Waals surface area contributed by atoms with Crippen LogP contribution in [-0.2, 0) is 0 Å². The first-order valence-electron chi connectivity index (χ1n) is 6.09. The standard InChI is InChI=1S/C14H23NO2/c1-6-15-14(10(2)3)11-7-8-12(16-4)13(9-11)17-5/h7-10,14-15H,6H2,1-5H3. The van der Waals surface area contributed by atoms with E-state index in [1.807, 2.05) is 12.1 Å². The molecule has 1 aromatic carbocycles. The molecule has 0 saturated heterocycles. The van der Waals surface area contributed by atoms with Crippen molar-refractivity contribution in [1.29, 1.82) is 0 Å². The monoisotopic (exact) mass is 237 g/mol. The van der Waals surface area contributed by atoms with Gasteiger partial charge in [-0.05, 0) is 30.2 Å². The van der Waals surface area contributed by atoms with E-state index in [9.17, 15) is 0 Å². The summed E-state index contributed by atoms with van der Waals surface area (Å²) in [6.45, 7) is 7.50. The zero-order valence-corrected chi connectivity index (χ0v) is 11.4. The van der Waals surface area contributed by atoms with Crippen molar-refractivity contribution in [2.45, 2.75) is 26.8 Å². The average molecular weight is 237 g/mol. The molecule has 0 bridgehead atoms. The molecule has 0 radical (unpaired) electrons. The maximum Gasteiger partial charge on any atom is 0.161 e. The molecule has 1 unspecified atom stereocenters. The summed E-state index contributed by atoms with van der Waals surface area (Å²) < 4.78 is 10.6. The molecule has 3 heteroatoms. The molecule has 0 spiro atoms. The highest BCUT2D eigenvalue weighted by molar-refractivity contribution is 5.43. The van der Waals surface area contributed by atoms with E-state index < -0.39 is 0 Å². The van der Waals surface area contributed by atoms with Crippen LogP contribution in [0.25, 0.3) is 0 Å². The summed E-state index contributed by atoms with van der Waals surface area (Å²) in [5.41, 5.74) is 1.24. The fourth-order valence-electron chi connectivity index (χ4n) is 2.00. The predicted octanol–water partition coefficient (Wildman–Crippen LogP) is 3.01. The van der Waals surface area contributed by atoms with Gasteiger partial charge in [-0.2, -0.15) is 0 Å². The van der Waals surface area contributed by atoms with E-state index in [2.05, 4.69) is 32.2 Å². The van der Waals surface area contributed by atoms with Crippen LogP contribution in [0.4, 0.5) is 0 Å². The van der Waals surface area contributed by atoms with Gasteiger partial charge in [0.2, 0.25) is 0 Å². The van der Waals surface area contributed by atoms with Crippen LogP contribution in [0.5, 0.6) is 11.5 Å². The highest BCUT2D eigenvalue weighted by Gasteiger charge is 2.16. The molecule has 0 aromatic heterocycles. The first-order valence-corrected chi connectivity index (χ1v) is 6.09. The summed E-state index contributed by atoms with van der Waals surface area (Å²) in [5.74, 6) is 2.09. The molecule has 96 valence electrons. The Morgan fingerprint density at radius 3 is 2.24 bits per heavy atom. The number of ether oxygens (including phenoxy) is 2. The molecule has 0 aliphatic rings. The molecule has 1 atom stereocenters. The third kappa shape index (κ3) is 3.37. The van der Waals surface area contributed by atoms with Crippen molar-refractivity contribution in [2.24, 2.45) is 5.92 Å². The second kappa shape index (κ2) is 6.50. The van der Waals surface area contributed by atoms with Gasteiger partial charge in [-0.1, -0.05) is 26.8 Å². The molecule has 1 rings (SSSR count). The normalized spacial score (nSPS) is 12.6. The zero-order chi connectivity index (χ0) is 12.8. The first-order chi connectivity index (χ1) is 8.13. The summed E-state index contributed by atoms with van der Waals surface area (Å²) >= 11 is 0. The molecule has 1 aromatic rings. The van der Waals surface area contributed by atoms with Gasteiger partial charge in [-0.25, -0.2) is 0 Å². The summed E-state index contributed by atoms with van der Waals surface area (Å²) in [4.78, 5) is 0. The van der Waals surface area contributed by atoms with Crippen LogP contribution in [0.3, 0.4) is 0 Å². The maximum absolute atomic E-state index is 5.33. The quantitative estimate of drug-likeness (QED) is 0.825. The summed E-state index contributed by atoms with van der Waals surface area (Å²) in [6.07, 6.45) is 0. The number of hydrogen-bond donors (Lipinski definition) is 1. The average Bonchev–Trinajstić information content (AvgIpc) is 2.34. The van der Waals surface area contributed by atoms with Crippen molar-refractivity contribution in [2.75, 3.05) is 20.8 Å². The Kier molecular flexibility index (Phi) is 5.29. The van der Waals surface area contributed by atoms with Gasteiger partial charge in [0.15, 0.2) is 11.5 Å². The summed E-state index contributed by atoms with van der Waals surface area (Å²) in [7, 11) is 3.32. The van der Waals surface area contributed by atoms with Crippen LogP contribution in [0.15, 0.2) is 18.2 Å². The van der Waals surface area contributed by atoms with Gasteiger partial charge >= 0.3 is 0 Å². The van der Waals surface area contributed by atoms with Crippen LogP contribution in [0, 0.1) is 5.92 Å². The molecule has 1 N–H and O–H groups in total. The lowest BCUT2D eigenvalue weighted by molar-refractivity contribution is 0.352. The number of nitrogens with one attached hydrogen (secondary N) is 1. The van der Waals surface area contributed by atoms with Crippen molar-refractivity contribution in [3.8, 4) is 11.5 Å². The number of hydrogen-bond acceptors (Lipinski definition) is 3. The first kappa shape index (κ1) is 13.8. The van der Waals surface area contributed by atoms with E-state index >= 15 is 0 Å². The molecule has 0 aliphatic heterocycles. The van der Waals surface area contributed by atoms with E-state index in [0.29, 0.717) is 12.0 Å². The van der Waals surface area contributed by atoms with Crippen LogP contribution in [-0.4, -0.2) is 20.8 Å². The Morgan fingerprint density at radius 2 is 1.76 bits per heavy atom. The van der Waals surface area contributed by atoms with Crippen molar-refractivity contribution in [3.63, 3.8) is 0 Å². The molecule has 0 fully saturated rings. The largest absolute Gasteiger partial charge is 0.493 e. The van der Waals surface area contributed by atoms with Crippen molar-refractivity contribution >= 4 is 0 Å². The van der Waals surface area contributed by atoms with Gasteiger partial charge in [-0.3, -0.25) is 0 Å². The number of methoxy groups -OCH3 is 2. The Balaban J connectivity index is 3.03. The molecule has 3 nitrogen and oxygen atoms in total. The Morgan fingerprint density at radius 1 is 1.12 bits per heavy atom. The lowest BCUT2D eigenvalue weighted by Crippen LogP contribution is -2.25. The minimum atomic E-state index is 0.347. The van der Waals surface area contributed by atoms with Gasteiger partial charge in [0.1, 0.15) is 0 Å². The molecule has 0 amide bonds. The van der Waals surface area contributed by atoms with Gasteiger partial charge in [-0.15, -0.1) is 0 Å². The minimum absolute atomic E-state index is 0.347. The highest BCUT2D eigenvalue weighted by atomic mass is 16.5. The van der Waals surface area contributed by atoms with Gasteiger partial charge < -0.3 is 14.8 Å². The van der Waals surface area contributed by atoms with Gasteiger partial charge in [0.05, 0.1) is 14.2 Å². The van der Waals surface area contributed by atoms with E-state index in [0.717, 1.165) is 18.0 Å². The predicted molar refractivity (Wildman–Crippen MR) is 70.8 cm³/mol. The van der Waals surface area contributed by atoms with Crippen LogP contribution in [0.2, 0.25) is 0 Å². The lowest BCUT2D eigenvalue weighted by Gasteiger charge is -2.23. The fourth-order valence-corrected chi connectivity index (χ4v) is 2.00. The third-order valence-electron chi connectivity index (χ3n) is 2.86. The highest BCUT2D eigenvalue weighted by Crippen LogP contribution is 2.32. The number of rotatable bonds is 6. The summed E-state index contributed by atoms with van der Waals surface area (Å²) in [6, 6.07) is 6.45. The van der Waals surface area contributed by atoms with Crippen LogP contribution >= 0.6 is 0 Å². The van der Waals surface area contributed by atoms with E-state index in [1.54, 1.807) is 14.2 Å². The second-order valence-electron chi connectivity index (χ2n) is 4.39. The van der Waals surface area contributed by atoms with Crippen LogP contribution in [0.1, 0.15) is 32.4 Å². The van der Waals surface area contributed by atoms with Crippen molar-refractivity contribution in [3.05, 3.63) is 23.8 Å². The summed E-state index contributed by atoms with van der Waals surface area (Å²) in [5, 5.41) is 3.49. The molecule has 0 heterocycles. The number of benzene rings is 1. The topological polar surface area (TPSA) is 30.5 Å². The second-order valence-corrected chi connectivity index (χ2v) is 4.39. The van der Waals surface area contributed by atoms with Crippen molar-refractivity contribution in [1.82, 2.24) is 5.32 Å². The molecular weight excluding hydrogens is 214 g/mol.